The number of rotatable bonds is 15. The van der Waals surface area contributed by atoms with E-state index < -0.39 is 0 Å². The van der Waals surface area contributed by atoms with Crippen LogP contribution in [0.15, 0.2) is 0 Å². The molecule has 0 atom stereocenters. The first-order valence-electron chi connectivity index (χ1n) is 8.03. The number of nitrogens with two attached hydrogens (primary N) is 4. The third kappa shape index (κ3) is 11.6. The van der Waals surface area contributed by atoms with Gasteiger partial charge in [0.25, 0.3) is 0 Å². The van der Waals surface area contributed by atoms with Crippen LogP contribution >= 0.6 is 0 Å². The van der Waals surface area contributed by atoms with Gasteiger partial charge in [0.05, 0.1) is 0 Å². The Kier molecular flexibility index (Phi) is 15.0. The summed E-state index contributed by atoms with van der Waals surface area (Å²) in [5, 5.41) is 0. The molecule has 8 N–H and O–H groups in total. The molecule has 122 valence electrons. The normalized spacial score (nSPS) is 11.7. The first kappa shape index (κ1) is 19.8. The van der Waals surface area contributed by atoms with E-state index in [1.54, 1.807) is 0 Å². The zero-order chi connectivity index (χ0) is 15.1. The van der Waals surface area contributed by atoms with Crippen LogP contribution in [0.2, 0.25) is 0 Å². The van der Waals surface area contributed by atoms with Crippen molar-refractivity contribution in [1.82, 2.24) is 9.80 Å². The predicted octanol–water partition coefficient (Wildman–Crippen LogP) is -1.01. The van der Waals surface area contributed by atoms with Gasteiger partial charge >= 0.3 is 0 Å². The van der Waals surface area contributed by atoms with Crippen LogP contribution in [-0.2, 0) is 0 Å². The molecular formula is C14H36N6. The summed E-state index contributed by atoms with van der Waals surface area (Å²) in [5.74, 6) is 0. The van der Waals surface area contributed by atoms with Crippen molar-refractivity contribution in [3.05, 3.63) is 0 Å². The summed E-state index contributed by atoms with van der Waals surface area (Å²) in [6.45, 7) is 9.25. The molecule has 0 spiro atoms. The van der Waals surface area contributed by atoms with Gasteiger partial charge in [0.2, 0.25) is 0 Å². The summed E-state index contributed by atoms with van der Waals surface area (Å²) in [7, 11) is 0. The van der Waals surface area contributed by atoms with E-state index in [4.69, 9.17) is 22.9 Å². The van der Waals surface area contributed by atoms with E-state index >= 15 is 0 Å². The van der Waals surface area contributed by atoms with Gasteiger partial charge in [0, 0.05) is 26.2 Å². The summed E-state index contributed by atoms with van der Waals surface area (Å²) in [6.07, 6.45) is 4.51. The first-order valence-corrected chi connectivity index (χ1v) is 8.03. The highest BCUT2D eigenvalue weighted by Crippen LogP contribution is 2.00. The fourth-order valence-corrected chi connectivity index (χ4v) is 2.34. The molecule has 0 aliphatic heterocycles. The second-order valence-electron chi connectivity index (χ2n) is 5.25. The Morgan fingerprint density at radius 2 is 0.750 bits per heavy atom. The molecule has 0 saturated carbocycles. The van der Waals surface area contributed by atoms with E-state index in [1.807, 2.05) is 0 Å². The Bertz CT molecular complexity index is 171. The number of unbranched alkanes of at least 4 members (excludes halogenated alkanes) is 1. The van der Waals surface area contributed by atoms with Crippen molar-refractivity contribution in [2.24, 2.45) is 22.9 Å². The van der Waals surface area contributed by atoms with Crippen LogP contribution < -0.4 is 22.9 Å². The first-order chi connectivity index (χ1) is 9.78. The molecule has 20 heavy (non-hydrogen) atoms. The van der Waals surface area contributed by atoms with Crippen LogP contribution in [0.1, 0.15) is 25.7 Å². The van der Waals surface area contributed by atoms with E-state index in [0.29, 0.717) is 0 Å². The minimum absolute atomic E-state index is 0.723. The van der Waals surface area contributed by atoms with Crippen molar-refractivity contribution in [3.63, 3.8) is 0 Å². The quantitative estimate of drug-likeness (QED) is 0.287. The molecule has 0 fully saturated rings. The monoisotopic (exact) mass is 288 g/mol. The van der Waals surface area contributed by atoms with Gasteiger partial charge in [0.15, 0.2) is 0 Å². The minimum atomic E-state index is 0.723. The Balaban J connectivity index is 3.75. The highest BCUT2D eigenvalue weighted by Gasteiger charge is 2.05. The van der Waals surface area contributed by atoms with E-state index in [-0.39, 0.29) is 0 Å². The number of nitrogens with zero attached hydrogens (tertiary/aromatic N) is 2. The van der Waals surface area contributed by atoms with Crippen molar-refractivity contribution in [3.8, 4) is 0 Å². The van der Waals surface area contributed by atoms with Gasteiger partial charge in [0.1, 0.15) is 0 Å². The molecule has 6 heteroatoms. The second-order valence-corrected chi connectivity index (χ2v) is 5.25. The third-order valence-electron chi connectivity index (χ3n) is 3.45. The SMILES string of the molecule is NCCCN(CCN)CCCCN(CCN)CCCN. The van der Waals surface area contributed by atoms with Crippen LogP contribution in [0.25, 0.3) is 0 Å². The lowest BCUT2D eigenvalue weighted by atomic mass is 10.2. The molecule has 0 rings (SSSR count). The van der Waals surface area contributed by atoms with Gasteiger partial charge in [-0.25, -0.2) is 0 Å². The van der Waals surface area contributed by atoms with Crippen molar-refractivity contribution in [1.29, 1.82) is 0 Å². The lowest BCUT2D eigenvalue weighted by Gasteiger charge is -2.23. The molecule has 0 amide bonds. The summed E-state index contributed by atoms with van der Waals surface area (Å²) in [5.41, 5.74) is 22.4. The fourth-order valence-electron chi connectivity index (χ4n) is 2.34. The Hall–Kier alpha value is -0.240. The Morgan fingerprint density at radius 3 is 1.05 bits per heavy atom. The van der Waals surface area contributed by atoms with Gasteiger partial charge in [-0.15, -0.1) is 0 Å². The van der Waals surface area contributed by atoms with E-state index in [1.165, 1.54) is 12.8 Å². The van der Waals surface area contributed by atoms with Crippen molar-refractivity contribution in [2.45, 2.75) is 25.7 Å². The smallest absolute Gasteiger partial charge is 0.0105 e. The van der Waals surface area contributed by atoms with Crippen molar-refractivity contribution < 1.29 is 0 Å². The van der Waals surface area contributed by atoms with Gasteiger partial charge in [-0.2, -0.15) is 0 Å². The number of hydrogen-bond acceptors (Lipinski definition) is 6. The Morgan fingerprint density at radius 1 is 0.400 bits per heavy atom. The van der Waals surface area contributed by atoms with Crippen LogP contribution in [0.4, 0.5) is 0 Å². The van der Waals surface area contributed by atoms with E-state index in [2.05, 4.69) is 9.80 Å². The lowest BCUT2D eigenvalue weighted by molar-refractivity contribution is 0.245. The third-order valence-corrected chi connectivity index (χ3v) is 3.45. The standard InChI is InChI=1S/C14H36N6/c15-5-3-11-19(13-7-17)9-1-2-10-20(14-8-18)12-4-6-16/h1-18H2. The van der Waals surface area contributed by atoms with Gasteiger partial charge in [-0.1, -0.05) is 0 Å². The molecule has 0 aliphatic carbocycles. The molecule has 0 aromatic carbocycles. The highest BCUT2D eigenvalue weighted by molar-refractivity contribution is 4.63. The molecule has 6 nitrogen and oxygen atoms in total. The topological polar surface area (TPSA) is 111 Å². The van der Waals surface area contributed by atoms with Crippen LogP contribution in [0.3, 0.4) is 0 Å². The molecule has 0 bridgehead atoms. The summed E-state index contributed by atoms with van der Waals surface area (Å²) in [4.78, 5) is 4.83. The molecule has 0 heterocycles. The van der Waals surface area contributed by atoms with Gasteiger partial charge < -0.3 is 32.7 Å². The maximum absolute atomic E-state index is 5.64. The van der Waals surface area contributed by atoms with Gasteiger partial charge in [-0.3, -0.25) is 0 Å². The predicted molar refractivity (Wildman–Crippen MR) is 87.6 cm³/mol. The maximum Gasteiger partial charge on any atom is 0.0105 e. The van der Waals surface area contributed by atoms with E-state index in [0.717, 1.165) is 78.3 Å². The van der Waals surface area contributed by atoms with Crippen molar-refractivity contribution >= 4 is 0 Å². The summed E-state index contributed by atoms with van der Waals surface area (Å²) >= 11 is 0. The molecule has 0 unspecified atom stereocenters. The summed E-state index contributed by atoms with van der Waals surface area (Å²) in [6, 6.07) is 0. The maximum atomic E-state index is 5.64. The van der Waals surface area contributed by atoms with Crippen LogP contribution in [0, 0.1) is 0 Å². The largest absolute Gasteiger partial charge is 0.330 e. The average molecular weight is 288 g/mol. The highest BCUT2D eigenvalue weighted by atomic mass is 15.1. The average Bonchev–Trinajstić information content (AvgIpc) is 2.46. The molecule has 0 aromatic rings. The van der Waals surface area contributed by atoms with Gasteiger partial charge in [-0.05, 0) is 65.0 Å². The molecule has 0 radical (unpaired) electrons. The second kappa shape index (κ2) is 15.2. The van der Waals surface area contributed by atoms with Crippen LogP contribution in [-0.4, -0.2) is 75.2 Å². The molecule has 0 aromatic heterocycles. The summed E-state index contributed by atoms with van der Waals surface area (Å²) < 4.78 is 0. The zero-order valence-electron chi connectivity index (χ0n) is 13.1. The molecular weight excluding hydrogens is 252 g/mol. The number of hydrogen-bond donors (Lipinski definition) is 4. The van der Waals surface area contributed by atoms with Crippen molar-refractivity contribution in [2.75, 3.05) is 65.4 Å². The van der Waals surface area contributed by atoms with E-state index in [9.17, 15) is 0 Å². The zero-order valence-corrected chi connectivity index (χ0v) is 13.1. The fraction of sp³-hybridized carbons (Fsp3) is 1.00. The molecule has 0 saturated heterocycles. The molecule has 0 aliphatic rings. The van der Waals surface area contributed by atoms with Crippen LogP contribution in [0.5, 0.6) is 0 Å². The minimum Gasteiger partial charge on any atom is -0.330 e. The Labute approximate surface area is 124 Å². The lowest BCUT2D eigenvalue weighted by Crippen LogP contribution is -2.34.